The predicted molar refractivity (Wildman–Crippen MR) is 123 cm³/mol. The Hall–Kier alpha value is -3.88. The maximum Gasteiger partial charge on any atom is 0.421 e. The first-order valence-corrected chi connectivity index (χ1v) is 10.2. The number of nitrogen functional groups attached to an aromatic ring is 1. The third-order valence-corrected chi connectivity index (χ3v) is 5.45. The van der Waals surface area contributed by atoms with Gasteiger partial charge in [-0.15, -0.1) is 0 Å². The van der Waals surface area contributed by atoms with Crippen LogP contribution in [0.2, 0.25) is 0 Å². The highest BCUT2D eigenvalue weighted by atomic mass is 19.4. The number of nitrogens with two attached hydrogens (primary N) is 1. The van der Waals surface area contributed by atoms with Crippen LogP contribution in [-0.2, 0) is 6.18 Å². The van der Waals surface area contributed by atoms with Gasteiger partial charge in [-0.25, -0.2) is 4.98 Å². The number of aryl methyl sites for hydroxylation is 2. The quantitative estimate of drug-likeness (QED) is 0.445. The zero-order chi connectivity index (χ0) is 23.9. The summed E-state index contributed by atoms with van der Waals surface area (Å²) >= 11 is 0. The summed E-state index contributed by atoms with van der Waals surface area (Å²) < 4.78 is 42.1. The molecule has 0 spiro atoms. The fourth-order valence-electron chi connectivity index (χ4n) is 3.90. The van der Waals surface area contributed by atoms with Crippen LogP contribution in [0, 0.1) is 13.8 Å². The number of benzene rings is 2. The lowest BCUT2D eigenvalue weighted by Gasteiger charge is -2.23. The molecule has 0 saturated heterocycles. The Morgan fingerprint density at radius 2 is 1.82 bits per heavy atom. The number of alkyl halides is 3. The average molecular weight is 453 g/mol. The highest BCUT2D eigenvalue weighted by molar-refractivity contribution is 5.85. The van der Waals surface area contributed by atoms with Crippen molar-refractivity contribution in [2.45, 2.75) is 33.0 Å². The van der Waals surface area contributed by atoms with E-state index in [1.54, 1.807) is 13.0 Å². The largest absolute Gasteiger partial charge is 0.421 e. The summed E-state index contributed by atoms with van der Waals surface area (Å²) in [6.07, 6.45) is -4.03. The summed E-state index contributed by atoms with van der Waals surface area (Å²) in [7, 11) is 0. The fourth-order valence-corrected chi connectivity index (χ4v) is 3.90. The highest BCUT2D eigenvalue weighted by Gasteiger charge is 2.35. The second-order valence-corrected chi connectivity index (χ2v) is 7.94. The van der Waals surface area contributed by atoms with Crippen molar-refractivity contribution in [1.82, 2.24) is 14.5 Å². The lowest BCUT2D eigenvalue weighted by Crippen LogP contribution is -2.26. The minimum atomic E-state index is -4.67. The van der Waals surface area contributed by atoms with E-state index in [1.807, 2.05) is 56.3 Å². The smallest absolute Gasteiger partial charge is 0.368 e. The Kier molecular flexibility index (Phi) is 5.57. The van der Waals surface area contributed by atoms with E-state index < -0.39 is 23.6 Å². The average Bonchev–Trinajstić information content (AvgIpc) is 2.72. The van der Waals surface area contributed by atoms with Gasteiger partial charge in [-0.05, 0) is 55.5 Å². The number of hydrogen-bond acceptors (Lipinski definition) is 5. The van der Waals surface area contributed by atoms with Crippen LogP contribution < -0.4 is 16.6 Å². The van der Waals surface area contributed by atoms with Gasteiger partial charge in [0.25, 0.3) is 5.56 Å². The first-order chi connectivity index (χ1) is 15.6. The van der Waals surface area contributed by atoms with Gasteiger partial charge >= 0.3 is 6.18 Å². The van der Waals surface area contributed by atoms with Gasteiger partial charge in [0.15, 0.2) is 0 Å². The van der Waals surface area contributed by atoms with Gasteiger partial charge in [0.1, 0.15) is 11.4 Å². The Balaban J connectivity index is 1.94. The van der Waals surface area contributed by atoms with Gasteiger partial charge in [0, 0.05) is 17.6 Å². The van der Waals surface area contributed by atoms with Gasteiger partial charge < -0.3 is 11.1 Å². The molecular weight excluding hydrogens is 431 g/mol. The molecule has 2 aromatic carbocycles. The maximum atomic E-state index is 13.6. The van der Waals surface area contributed by atoms with E-state index in [4.69, 9.17) is 5.73 Å². The van der Waals surface area contributed by atoms with Crippen molar-refractivity contribution in [2.75, 3.05) is 11.1 Å². The lowest BCUT2D eigenvalue weighted by molar-refractivity contribution is -0.137. The van der Waals surface area contributed by atoms with Crippen molar-refractivity contribution in [3.05, 3.63) is 87.5 Å². The monoisotopic (exact) mass is 453 g/mol. The highest BCUT2D eigenvalue weighted by Crippen LogP contribution is 2.35. The van der Waals surface area contributed by atoms with Crippen LogP contribution in [0.25, 0.3) is 16.5 Å². The van der Waals surface area contributed by atoms with E-state index >= 15 is 0 Å². The van der Waals surface area contributed by atoms with Crippen molar-refractivity contribution in [3.63, 3.8) is 0 Å². The van der Waals surface area contributed by atoms with E-state index in [0.717, 1.165) is 11.1 Å². The zero-order valence-corrected chi connectivity index (χ0v) is 18.2. The minimum absolute atomic E-state index is 0.252. The summed E-state index contributed by atoms with van der Waals surface area (Å²) in [6, 6.07) is 14.0. The summed E-state index contributed by atoms with van der Waals surface area (Å²) in [5, 5.41) is 4.05. The number of nitrogens with one attached hydrogen (secondary N) is 1. The standard InChI is InChI=1S/C24H22F3N5O/c1-13-6-4-9-17(10-13)32-19(11-16-8-5-7-14(2)20(16)22(32)33)15(3)30-21-18(24(25,26)27)12-29-23(28)31-21/h4-12,15H,1-3H3,(H3,28,29,30,31)/t15-/m0/s1. The van der Waals surface area contributed by atoms with Crippen molar-refractivity contribution in [1.29, 1.82) is 0 Å². The molecule has 0 unspecified atom stereocenters. The Morgan fingerprint density at radius 3 is 2.52 bits per heavy atom. The first kappa shape index (κ1) is 22.3. The SMILES string of the molecule is Cc1cccc(-n2c([C@H](C)Nc3nc(N)ncc3C(F)(F)F)cc3cccc(C)c3c2=O)c1. The number of nitrogens with zero attached hydrogens (tertiary/aromatic N) is 3. The van der Waals surface area contributed by atoms with Gasteiger partial charge in [0.05, 0.1) is 11.4 Å². The summed E-state index contributed by atoms with van der Waals surface area (Å²) in [6.45, 7) is 5.42. The molecule has 0 aliphatic heterocycles. The summed E-state index contributed by atoms with van der Waals surface area (Å²) in [5.74, 6) is -0.738. The molecule has 0 aliphatic carbocycles. The van der Waals surface area contributed by atoms with Crippen molar-refractivity contribution < 1.29 is 13.2 Å². The van der Waals surface area contributed by atoms with Gasteiger partial charge in [-0.2, -0.15) is 18.2 Å². The number of hydrogen-bond donors (Lipinski definition) is 2. The maximum absolute atomic E-state index is 13.6. The molecule has 4 rings (SSSR count). The fraction of sp³-hybridized carbons (Fsp3) is 0.208. The van der Waals surface area contributed by atoms with E-state index in [9.17, 15) is 18.0 Å². The molecule has 0 amide bonds. The van der Waals surface area contributed by atoms with Gasteiger partial charge in [0.2, 0.25) is 5.95 Å². The normalized spacial score (nSPS) is 12.7. The van der Waals surface area contributed by atoms with E-state index in [0.29, 0.717) is 28.4 Å². The molecule has 0 saturated carbocycles. The van der Waals surface area contributed by atoms with E-state index in [2.05, 4.69) is 15.3 Å². The zero-order valence-electron chi connectivity index (χ0n) is 18.2. The number of aromatic nitrogens is 3. The molecule has 170 valence electrons. The molecular formula is C24H22F3N5O. The molecule has 33 heavy (non-hydrogen) atoms. The van der Waals surface area contributed by atoms with Crippen LogP contribution in [-0.4, -0.2) is 14.5 Å². The summed E-state index contributed by atoms with van der Waals surface area (Å²) in [4.78, 5) is 20.9. The lowest BCUT2D eigenvalue weighted by atomic mass is 10.0. The molecule has 0 fully saturated rings. The topological polar surface area (TPSA) is 85.8 Å². The van der Waals surface area contributed by atoms with Crippen LogP contribution in [0.15, 0.2) is 59.5 Å². The molecule has 3 N–H and O–H groups in total. The van der Waals surface area contributed by atoms with Crippen LogP contribution >= 0.6 is 0 Å². The van der Waals surface area contributed by atoms with Gasteiger partial charge in [-0.3, -0.25) is 9.36 Å². The second-order valence-electron chi connectivity index (χ2n) is 7.94. The van der Waals surface area contributed by atoms with Gasteiger partial charge in [-0.1, -0.05) is 30.3 Å². The van der Waals surface area contributed by atoms with Crippen LogP contribution in [0.3, 0.4) is 0 Å². The Bertz CT molecular complexity index is 1410. The Labute approximate surface area is 187 Å². The number of halogens is 3. The van der Waals surface area contributed by atoms with Crippen molar-refractivity contribution in [3.8, 4) is 5.69 Å². The van der Waals surface area contributed by atoms with Crippen LogP contribution in [0.1, 0.15) is 35.3 Å². The third-order valence-electron chi connectivity index (χ3n) is 5.45. The van der Waals surface area contributed by atoms with E-state index in [-0.39, 0.29) is 11.5 Å². The molecule has 0 aliphatic rings. The molecule has 2 aromatic heterocycles. The molecule has 9 heteroatoms. The first-order valence-electron chi connectivity index (χ1n) is 10.2. The molecule has 0 radical (unpaired) electrons. The minimum Gasteiger partial charge on any atom is -0.368 e. The van der Waals surface area contributed by atoms with Crippen molar-refractivity contribution in [2.24, 2.45) is 0 Å². The second kappa shape index (κ2) is 8.23. The molecule has 2 heterocycles. The number of rotatable bonds is 4. The molecule has 0 bridgehead atoms. The van der Waals surface area contributed by atoms with Crippen LogP contribution in [0.5, 0.6) is 0 Å². The van der Waals surface area contributed by atoms with E-state index in [1.165, 1.54) is 4.57 Å². The number of fused-ring (bicyclic) bond motifs is 1. The predicted octanol–water partition coefficient (Wildman–Crippen LogP) is 5.17. The molecule has 4 aromatic rings. The Morgan fingerprint density at radius 1 is 1.09 bits per heavy atom. The molecule has 6 nitrogen and oxygen atoms in total. The number of pyridine rings is 1. The van der Waals surface area contributed by atoms with Crippen LogP contribution in [0.4, 0.5) is 24.9 Å². The molecule has 1 atom stereocenters. The van der Waals surface area contributed by atoms with Crippen molar-refractivity contribution >= 4 is 22.5 Å². The third kappa shape index (κ3) is 4.26. The summed E-state index contributed by atoms with van der Waals surface area (Å²) in [5.41, 5.74) is 7.12. The number of anilines is 2.